The second kappa shape index (κ2) is 8.37. The number of aryl methyl sites for hydroxylation is 2. The largest absolute Gasteiger partial charge is 0.497 e. The van der Waals surface area contributed by atoms with Crippen LogP contribution in [0.3, 0.4) is 0 Å². The molecule has 0 radical (unpaired) electrons. The Morgan fingerprint density at radius 2 is 1.52 bits per heavy atom. The third-order valence-electron chi connectivity index (χ3n) is 4.24. The number of rotatable bonds is 5. The van der Waals surface area contributed by atoms with Crippen LogP contribution in [0.2, 0.25) is 0 Å². The monoisotopic (exact) mass is 357 g/mol. The Morgan fingerprint density at radius 3 is 2.11 bits per heavy atom. The molecule has 0 aliphatic heterocycles. The van der Waals surface area contributed by atoms with Gasteiger partial charge >= 0.3 is 0 Å². The van der Waals surface area contributed by atoms with Crippen LogP contribution in [0.5, 0.6) is 5.75 Å². The van der Waals surface area contributed by atoms with E-state index in [0.717, 1.165) is 33.7 Å². The molecule has 0 aromatic heterocycles. The third-order valence-corrected chi connectivity index (χ3v) is 4.24. The summed E-state index contributed by atoms with van der Waals surface area (Å²) in [7, 11) is 1.64. The highest BCUT2D eigenvalue weighted by molar-refractivity contribution is 6.29. The summed E-state index contributed by atoms with van der Waals surface area (Å²) in [5, 5.41) is 3.03. The molecule has 0 heterocycles. The molecule has 3 heteroatoms. The van der Waals surface area contributed by atoms with Crippen LogP contribution >= 0.6 is 0 Å². The molecule has 0 unspecified atom stereocenters. The zero-order chi connectivity index (χ0) is 19.2. The first-order valence-corrected chi connectivity index (χ1v) is 8.86. The number of hydrogen-bond acceptors (Lipinski definition) is 2. The Morgan fingerprint density at radius 1 is 0.889 bits per heavy atom. The van der Waals surface area contributed by atoms with Gasteiger partial charge in [-0.2, -0.15) is 0 Å². The van der Waals surface area contributed by atoms with Crippen LogP contribution in [0.1, 0.15) is 22.3 Å². The van der Waals surface area contributed by atoms with Crippen molar-refractivity contribution in [3.05, 3.63) is 95.1 Å². The van der Waals surface area contributed by atoms with Crippen molar-refractivity contribution in [2.24, 2.45) is 0 Å². The summed E-state index contributed by atoms with van der Waals surface area (Å²) in [5.74, 6) is 0.648. The van der Waals surface area contributed by atoms with Crippen LogP contribution in [-0.2, 0) is 4.79 Å². The summed E-state index contributed by atoms with van der Waals surface area (Å²) in [6, 6.07) is 23.4. The molecule has 3 rings (SSSR count). The molecule has 0 atom stereocenters. The van der Waals surface area contributed by atoms with Crippen LogP contribution in [0.15, 0.2) is 72.8 Å². The average Bonchev–Trinajstić information content (AvgIpc) is 2.66. The van der Waals surface area contributed by atoms with Gasteiger partial charge in [-0.25, -0.2) is 0 Å². The minimum Gasteiger partial charge on any atom is -0.497 e. The lowest BCUT2D eigenvalue weighted by Crippen LogP contribution is -2.14. The van der Waals surface area contributed by atoms with Gasteiger partial charge in [-0.3, -0.25) is 4.79 Å². The van der Waals surface area contributed by atoms with Crippen LogP contribution in [0, 0.1) is 13.8 Å². The van der Waals surface area contributed by atoms with Gasteiger partial charge in [0.15, 0.2) is 0 Å². The normalized spacial score (nSPS) is 11.1. The number of benzene rings is 3. The van der Waals surface area contributed by atoms with E-state index in [0.29, 0.717) is 5.57 Å². The summed E-state index contributed by atoms with van der Waals surface area (Å²) >= 11 is 0. The maximum atomic E-state index is 13.1. The molecule has 0 aliphatic carbocycles. The maximum Gasteiger partial charge on any atom is 0.256 e. The lowest BCUT2D eigenvalue weighted by Gasteiger charge is -2.11. The van der Waals surface area contributed by atoms with Crippen LogP contribution in [-0.4, -0.2) is 13.0 Å². The first-order chi connectivity index (χ1) is 13.0. The van der Waals surface area contributed by atoms with Crippen molar-refractivity contribution in [3.63, 3.8) is 0 Å². The molecule has 0 saturated carbocycles. The minimum atomic E-state index is -0.137. The van der Waals surface area contributed by atoms with E-state index in [9.17, 15) is 4.79 Å². The maximum absolute atomic E-state index is 13.1. The zero-order valence-electron chi connectivity index (χ0n) is 15.8. The Hall–Kier alpha value is -3.33. The van der Waals surface area contributed by atoms with Gasteiger partial charge in [-0.15, -0.1) is 0 Å². The molecule has 0 saturated heterocycles. The number of carbonyl (C=O) groups is 1. The van der Waals surface area contributed by atoms with Crippen molar-refractivity contribution in [2.45, 2.75) is 13.8 Å². The van der Waals surface area contributed by atoms with E-state index in [-0.39, 0.29) is 5.91 Å². The number of anilines is 1. The van der Waals surface area contributed by atoms with Crippen LogP contribution in [0.4, 0.5) is 5.69 Å². The number of methoxy groups -OCH3 is 1. The smallest absolute Gasteiger partial charge is 0.256 e. The standard InChI is InChI=1S/C24H23NO2/c1-17-13-18(2)15-21(14-17)25-24(26)23(20-7-5-4-6-8-20)16-19-9-11-22(27-3)12-10-19/h4-16H,1-3H3,(H,25,26). The Kier molecular flexibility index (Phi) is 5.72. The highest BCUT2D eigenvalue weighted by Crippen LogP contribution is 2.23. The molecule has 0 bridgehead atoms. The molecule has 3 aromatic rings. The van der Waals surface area contributed by atoms with Crippen molar-refractivity contribution in [1.82, 2.24) is 0 Å². The van der Waals surface area contributed by atoms with Gasteiger partial charge < -0.3 is 10.1 Å². The minimum absolute atomic E-state index is 0.137. The predicted molar refractivity (Wildman–Crippen MR) is 112 cm³/mol. The number of amides is 1. The molecule has 0 fully saturated rings. The van der Waals surface area contributed by atoms with Gasteiger partial charge in [0.25, 0.3) is 5.91 Å². The van der Waals surface area contributed by atoms with Gasteiger partial charge in [0.1, 0.15) is 5.75 Å². The van der Waals surface area contributed by atoms with E-state index < -0.39 is 0 Å². The van der Waals surface area contributed by atoms with Crippen LogP contribution in [0.25, 0.3) is 11.6 Å². The fraction of sp³-hybridized carbons (Fsp3) is 0.125. The Balaban J connectivity index is 1.96. The first-order valence-electron chi connectivity index (χ1n) is 8.86. The van der Waals surface area contributed by atoms with Crippen LogP contribution < -0.4 is 10.1 Å². The number of carbonyl (C=O) groups excluding carboxylic acids is 1. The number of ether oxygens (including phenoxy) is 1. The highest BCUT2D eigenvalue weighted by atomic mass is 16.5. The molecule has 3 nitrogen and oxygen atoms in total. The molecule has 3 aromatic carbocycles. The summed E-state index contributed by atoms with van der Waals surface area (Å²) < 4.78 is 5.21. The van der Waals surface area contributed by atoms with Crippen molar-refractivity contribution in [2.75, 3.05) is 12.4 Å². The molecular formula is C24H23NO2. The third kappa shape index (κ3) is 4.85. The van der Waals surface area contributed by atoms with Crippen molar-refractivity contribution < 1.29 is 9.53 Å². The van der Waals surface area contributed by atoms with Gasteiger partial charge in [0.05, 0.1) is 7.11 Å². The van der Waals surface area contributed by atoms with Gasteiger partial charge in [0, 0.05) is 11.3 Å². The van der Waals surface area contributed by atoms with E-state index in [1.54, 1.807) is 7.11 Å². The van der Waals surface area contributed by atoms with Crippen molar-refractivity contribution >= 4 is 23.2 Å². The van der Waals surface area contributed by atoms with E-state index >= 15 is 0 Å². The topological polar surface area (TPSA) is 38.3 Å². The Bertz CT molecular complexity index is 937. The second-order valence-electron chi connectivity index (χ2n) is 6.53. The van der Waals surface area contributed by atoms with E-state index in [1.165, 1.54) is 0 Å². The Labute approximate surface area is 160 Å². The molecule has 27 heavy (non-hydrogen) atoms. The fourth-order valence-corrected chi connectivity index (χ4v) is 3.01. The zero-order valence-corrected chi connectivity index (χ0v) is 15.8. The van der Waals surface area contributed by atoms with Gasteiger partial charge in [-0.05, 0) is 66.4 Å². The van der Waals surface area contributed by atoms with Crippen molar-refractivity contribution in [3.8, 4) is 5.75 Å². The SMILES string of the molecule is COc1ccc(C=C(C(=O)Nc2cc(C)cc(C)c2)c2ccccc2)cc1. The van der Waals surface area contributed by atoms with E-state index in [4.69, 9.17) is 4.74 Å². The lowest BCUT2D eigenvalue weighted by molar-refractivity contribution is -0.111. The average molecular weight is 357 g/mol. The molecule has 1 N–H and O–H groups in total. The summed E-state index contributed by atoms with van der Waals surface area (Å²) in [4.78, 5) is 13.1. The number of nitrogens with one attached hydrogen (secondary N) is 1. The van der Waals surface area contributed by atoms with E-state index in [1.807, 2.05) is 86.7 Å². The summed E-state index contributed by atoms with van der Waals surface area (Å²) in [5.41, 5.74) is 5.45. The molecule has 136 valence electrons. The predicted octanol–water partition coefficient (Wildman–Crippen LogP) is 5.49. The van der Waals surface area contributed by atoms with Gasteiger partial charge in [-0.1, -0.05) is 48.5 Å². The van der Waals surface area contributed by atoms with Gasteiger partial charge in [0.2, 0.25) is 0 Å². The summed E-state index contributed by atoms with van der Waals surface area (Å²) in [6.07, 6.45) is 1.90. The highest BCUT2D eigenvalue weighted by Gasteiger charge is 2.13. The number of hydrogen-bond donors (Lipinski definition) is 1. The molecule has 1 amide bonds. The van der Waals surface area contributed by atoms with Crippen molar-refractivity contribution in [1.29, 1.82) is 0 Å². The fourth-order valence-electron chi connectivity index (χ4n) is 3.01. The lowest BCUT2D eigenvalue weighted by atomic mass is 10.0. The second-order valence-corrected chi connectivity index (χ2v) is 6.53. The first kappa shape index (κ1) is 18.5. The molecule has 0 spiro atoms. The molecular weight excluding hydrogens is 334 g/mol. The summed E-state index contributed by atoms with van der Waals surface area (Å²) in [6.45, 7) is 4.04. The van der Waals surface area contributed by atoms with E-state index in [2.05, 4.69) is 11.4 Å². The quantitative estimate of drug-likeness (QED) is 0.484. The molecule has 0 aliphatic rings.